The second kappa shape index (κ2) is 8.32. The average molecular weight is 417 g/mol. The summed E-state index contributed by atoms with van der Waals surface area (Å²) in [5.74, 6) is 0.227. The van der Waals surface area contributed by atoms with Crippen molar-refractivity contribution in [2.24, 2.45) is 0 Å². The molecular weight excluding hydrogens is 392 g/mol. The van der Waals surface area contributed by atoms with Gasteiger partial charge in [0.15, 0.2) is 0 Å². The second-order valence-corrected chi connectivity index (χ2v) is 8.49. The highest BCUT2D eigenvalue weighted by Crippen LogP contribution is 2.27. The molecule has 4 aromatic rings. The van der Waals surface area contributed by atoms with Gasteiger partial charge in [0.2, 0.25) is 5.91 Å². The van der Waals surface area contributed by atoms with Gasteiger partial charge < -0.3 is 5.32 Å². The number of nitrogens with zero attached hydrogens (tertiary/aromatic N) is 3. The summed E-state index contributed by atoms with van der Waals surface area (Å²) < 4.78 is 1.82. The Kier molecular flexibility index (Phi) is 5.59. The smallest absolute Gasteiger partial charge is 0.234 e. The lowest BCUT2D eigenvalue weighted by atomic mass is 10.0. The van der Waals surface area contributed by atoms with Crippen LogP contribution in [-0.4, -0.2) is 26.3 Å². The van der Waals surface area contributed by atoms with E-state index in [1.54, 1.807) is 6.20 Å². The van der Waals surface area contributed by atoms with Gasteiger partial charge in [-0.1, -0.05) is 30.0 Å². The zero-order valence-electron chi connectivity index (χ0n) is 17.6. The summed E-state index contributed by atoms with van der Waals surface area (Å²) >= 11 is 1.41. The SMILES string of the molecule is Cc1ccc(NC(=O)CSc2nccn3nc(-c4ccc(C)c(C)c4)cc23)cc1C. The third-order valence-electron chi connectivity index (χ3n) is 5.29. The van der Waals surface area contributed by atoms with Gasteiger partial charge in [-0.2, -0.15) is 5.10 Å². The molecule has 1 amide bonds. The molecule has 0 aliphatic heterocycles. The fourth-order valence-corrected chi connectivity index (χ4v) is 3.98. The molecule has 152 valence electrons. The molecule has 1 N–H and O–H groups in total. The summed E-state index contributed by atoms with van der Waals surface area (Å²) in [6.07, 6.45) is 3.55. The van der Waals surface area contributed by atoms with Crippen LogP contribution in [-0.2, 0) is 4.79 Å². The van der Waals surface area contributed by atoms with E-state index in [-0.39, 0.29) is 11.7 Å². The average Bonchev–Trinajstić information content (AvgIpc) is 3.16. The van der Waals surface area contributed by atoms with E-state index in [1.807, 2.05) is 41.9 Å². The lowest BCUT2D eigenvalue weighted by Gasteiger charge is -2.07. The molecule has 2 aromatic heterocycles. The summed E-state index contributed by atoms with van der Waals surface area (Å²) in [5, 5.41) is 8.44. The minimum atomic E-state index is -0.0547. The van der Waals surface area contributed by atoms with Gasteiger partial charge in [0.1, 0.15) is 5.03 Å². The normalized spacial score (nSPS) is 11.1. The van der Waals surface area contributed by atoms with Crippen molar-refractivity contribution in [2.45, 2.75) is 32.7 Å². The van der Waals surface area contributed by atoms with Gasteiger partial charge in [-0.15, -0.1) is 0 Å². The minimum Gasteiger partial charge on any atom is -0.325 e. The van der Waals surface area contributed by atoms with Crippen LogP contribution in [0.1, 0.15) is 22.3 Å². The Morgan fingerprint density at radius 3 is 2.43 bits per heavy atom. The number of carbonyl (C=O) groups is 1. The highest BCUT2D eigenvalue weighted by Gasteiger charge is 2.12. The van der Waals surface area contributed by atoms with Crippen molar-refractivity contribution in [3.63, 3.8) is 0 Å². The van der Waals surface area contributed by atoms with Crippen LogP contribution in [0, 0.1) is 27.7 Å². The first-order chi connectivity index (χ1) is 14.4. The fraction of sp³-hybridized carbons (Fsp3) is 0.208. The van der Waals surface area contributed by atoms with Gasteiger partial charge in [0, 0.05) is 23.6 Å². The Bertz CT molecular complexity index is 1250. The lowest BCUT2D eigenvalue weighted by molar-refractivity contribution is -0.113. The maximum Gasteiger partial charge on any atom is 0.234 e. The maximum absolute atomic E-state index is 12.4. The first-order valence-corrected chi connectivity index (χ1v) is 10.8. The molecule has 0 saturated carbocycles. The van der Waals surface area contributed by atoms with Gasteiger partial charge >= 0.3 is 0 Å². The molecule has 5 nitrogen and oxygen atoms in total. The molecule has 0 saturated heterocycles. The van der Waals surface area contributed by atoms with E-state index < -0.39 is 0 Å². The minimum absolute atomic E-state index is 0.0547. The Labute approximate surface area is 180 Å². The highest BCUT2D eigenvalue weighted by molar-refractivity contribution is 8.00. The van der Waals surface area contributed by atoms with Crippen LogP contribution in [0.5, 0.6) is 0 Å². The number of thioether (sulfide) groups is 1. The van der Waals surface area contributed by atoms with E-state index in [0.29, 0.717) is 0 Å². The molecule has 0 atom stereocenters. The van der Waals surface area contributed by atoms with Crippen molar-refractivity contribution < 1.29 is 4.79 Å². The number of nitrogens with one attached hydrogen (secondary N) is 1. The molecule has 30 heavy (non-hydrogen) atoms. The largest absolute Gasteiger partial charge is 0.325 e. The third-order valence-corrected chi connectivity index (χ3v) is 6.28. The first-order valence-electron chi connectivity index (χ1n) is 9.82. The number of aryl methyl sites for hydroxylation is 4. The molecule has 0 unspecified atom stereocenters. The van der Waals surface area contributed by atoms with Gasteiger partial charge in [-0.3, -0.25) is 4.79 Å². The van der Waals surface area contributed by atoms with Crippen LogP contribution in [0.15, 0.2) is 59.9 Å². The number of hydrogen-bond donors (Lipinski definition) is 1. The van der Waals surface area contributed by atoms with Crippen LogP contribution in [0.3, 0.4) is 0 Å². The molecule has 4 rings (SSSR count). The van der Waals surface area contributed by atoms with Crippen molar-refractivity contribution in [1.82, 2.24) is 14.6 Å². The molecule has 0 aliphatic carbocycles. The summed E-state index contributed by atoms with van der Waals surface area (Å²) in [6.45, 7) is 8.30. The molecule has 2 aromatic carbocycles. The van der Waals surface area contributed by atoms with Crippen LogP contribution in [0.2, 0.25) is 0 Å². The van der Waals surface area contributed by atoms with E-state index in [2.05, 4.69) is 54.4 Å². The number of anilines is 1. The zero-order valence-corrected chi connectivity index (χ0v) is 18.4. The monoisotopic (exact) mass is 416 g/mol. The summed E-state index contributed by atoms with van der Waals surface area (Å²) in [5.41, 5.74) is 8.54. The molecule has 0 radical (unpaired) electrons. The number of amides is 1. The Hall–Kier alpha value is -3.12. The van der Waals surface area contributed by atoms with E-state index in [0.717, 1.165) is 33.1 Å². The van der Waals surface area contributed by atoms with Crippen molar-refractivity contribution in [3.8, 4) is 11.3 Å². The number of benzene rings is 2. The van der Waals surface area contributed by atoms with E-state index >= 15 is 0 Å². The summed E-state index contributed by atoms with van der Waals surface area (Å²) in [6, 6.07) is 14.3. The topological polar surface area (TPSA) is 59.3 Å². The summed E-state index contributed by atoms with van der Waals surface area (Å²) in [4.78, 5) is 16.9. The zero-order chi connectivity index (χ0) is 21.3. The van der Waals surface area contributed by atoms with Crippen molar-refractivity contribution >= 4 is 28.9 Å². The van der Waals surface area contributed by atoms with Gasteiger partial charge in [0.05, 0.1) is 17.0 Å². The number of fused-ring (bicyclic) bond motifs is 1. The highest BCUT2D eigenvalue weighted by atomic mass is 32.2. The molecule has 2 heterocycles. The van der Waals surface area contributed by atoms with Crippen molar-refractivity contribution in [2.75, 3.05) is 11.1 Å². The van der Waals surface area contributed by atoms with Crippen LogP contribution in [0.4, 0.5) is 5.69 Å². The lowest BCUT2D eigenvalue weighted by Crippen LogP contribution is -2.14. The molecule has 0 spiro atoms. The predicted molar refractivity (Wildman–Crippen MR) is 123 cm³/mol. The van der Waals surface area contributed by atoms with Gasteiger partial charge in [-0.25, -0.2) is 9.50 Å². The Morgan fingerprint density at radius 2 is 1.70 bits per heavy atom. The van der Waals surface area contributed by atoms with Crippen LogP contribution in [0.25, 0.3) is 16.8 Å². The number of hydrogen-bond acceptors (Lipinski definition) is 4. The van der Waals surface area contributed by atoms with E-state index in [1.165, 1.54) is 28.5 Å². The Morgan fingerprint density at radius 1 is 0.967 bits per heavy atom. The molecule has 6 heteroatoms. The number of rotatable bonds is 5. The van der Waals surface area contributed by atoms with Gasteiger partial charge in [0.25, 0.3) is 0 Å². The number of aromatic nitrogens is 3. The first kappa shape index (κ1) is 20.2. The Balaban J connectivity index is 1.51. The van der Waals surface area contributed by atoms with E-state index in [9.17, 15) is 4.79 Å². The maximum atomic E-state index is 12.4. The molecular formula is C24H24N4OS. The standard InChI is InChI=1S/C24H24N4OS/c1-15-5-7-19(11-17(15)3)21-13-22-24(25-9-10-28(22)27-21)30-14-23(29)26-20-8-6-16(2)18(4)12-20/h5-13H,14H2,1-4H3,(H,26,29). The summed E-state index contributed by atoms with van der Waals surface area (Å²) in [7, 11) is 0. The van der Waals surface area contributed by atoms with Crippen LogP contribution >= 0.6 is 11.8 Å². The fourth-order valence-electron chi connectivity index (χ4n) is 3.20. The molecule has 0 fully saturated rings. The van der Waals surface area contributed by atoms with Crippen molar-refractivity contribution in [3.05, 3.63) is 77.1 Å². The predicted octanol–water partition coefficient (Wildman–Crippen LogP) is 5.36. The van der Waals surface area contributed by atoms with Gasteiger partial charge in [-0.05, 0) is 74.2 Å². The molecule has 0 aliphatic rings. The quantitative estimate of drug-likeness (QED) is 0.445. The third kappa shape index (κ3) is 4.24. The van der Waals surface area contributed by atoms with Crippen LogP contribution < -0.4 is 5.32 Å². The molecule has 0 bridgehead atoms. The number of carbonyl (C=O) groups excluding carboxylic acids is 1. The van der Waals surface area contributed by atoms with Crippen molar-refractivity contribution in [1.29, 1.82) is 0 Å². The second-order valence-electron chi connectivity index (χ2n) is 7.53. The van der Waals surface area contributed by atoms with E-state index in [4.69, 9.17) is 0 Å².